The van der Waals surface area contributed by atoms with Gasteiger partial charge < -0.3 is 9.47 Å². The fourth-order valence-electron chi connectivity index (χ4n) is 3.79. The molecule has 0 aromatic heterocycles. The number of anilines is 1. The van der Waals surface area contributed by atoms with Crippen molar-refractivity contribution in [1.29, 1.82) is 0 Å². The van der Waals surface area contributed by atoms with Crippen LogP contribution in [-0.4, -0.2) is 29.5 Å². The molecule has 0 bridgehead atoms. The van der Waals surface area contributed by atoms with Crippen LogP contribution in [0.4, 0.5) is 17.1 Å². The molecule has 0 heterocycles. The topological polar surface area (TPSA) is 140 Å². The Hall–Kier alpha value is -3.96. The van der Waals surface area contributed by atoms with Gasteiger partial charge in [-0.2, -0.15) is 0 Å². The summed E-state index contributed by atoms with van der Waals surface area (Å²) in [5.41, 5.74) is 4.29. The molecular weight excluding hydrogens is 486 g/mol. The summed E-state index contributed by atoms with van der Waals surface area (Å²) in [5.74, 6) is 0.655. The quantitative estimate of drug-likeness (QED) is 0.128. The van der Waals surface area contributed by atoms with E-state index in [1.165, 1.54) is 50.6 Å². The number of thioether (sulfide) groups is 1. The SMILES string of the molecule is COc1cc(C(CC=C(C)C)SC(=O)c2ccc([N+](=O)[O-])cc2)c(OC)c2c(N=O)ccc(NO)c12. The van der Waals surface area contributed by atoms with Crippen molar-refractivity contribution < 1.29 is 24.4 Å². The molecule has 0 aliphatic rings. The molecule has 0 saturated heterocycles. The predicted molar refractivity (Wildman–Crippen MR) is 140 cm³/mol. The van der Waals surface area contributed by atoms with E-state index in [4.69, 9.17) is 9.47 Å². The first-order chi connectivity index (χ1) is 17.2. The van der Waals surface area contributed by atoms with E-state index in [-0.39, 0.29) is 22.2 Å². The lowest BCUT2D eigenvalue weighted by Gasteiger charge is -2.22. The van der Waals surface area contributed by atoms with Crippen molar-refractivity contribution in [3.05, 3.63) is 80.3 Å². The summed E-state index contributed by atoms with van der Waals surface area (Å²) in [6.45, 7) is 3.87. The number of hydrogen-bond donors (Lipinski definition) is 2. The van der Waals surface area contributed by atoms with Gasteiger partial charge in [0.05, 0.1) is 35.6 Å². The number of non-ortho nitro benzene ring substituents is 1. The van der Waals surface area contributed by atoms with Gasteiger partial charge in [-0.15, -0.1) is 4.91 Å². The molecule has 2 N–H and O–H groups in total. The fraction of sp³-hybridized carbons (Fsp3) is 0.240. The monoisotopic (exact) mass is 511 g/mol. The molecule has 3 aromatic rings. The highest BCUT2D eigenvalue weighted by molar-refractivity contribution is 8.14. The van der Waals surface area contributed by atoms with Gasteiger partial charge in [-0.3, -0.25) is 25.6 Å². The summed E-state index contributed by atoms with van der Waals surface area (Å²) in [6, 6.07) is 10.0. The van der Waals surface area contributed by atoms with E-state index in [0.717, 1.165) is 17.3 Å². The van der Waals surface area contributed by atoms with Crippen molar-refractivity contribution >= 4 is 44.7 Å². The van der Waals surface area contributed by atoms with E-state index in [1.807, 2.05) is 19.9 Å². The number of allylic oxidation sites excluding steroid dienone is 2. The molecule has 1 atom stereocenters. The molecule has 3 rings (SSSR count). The van der Waals surface area contributed by atoms with E-state index in [0.29, 0.717) is 39.8 Å². The number of benzene rings is 3. The first-order valence-corrected chi connectivity index (χ1v) is 11.7. The maximum atomic E-state index is 13.2. The van der Waals surface area contributed by atoms with Crippen molar-refractivity contribution in [3.63, 3.8) is 0 Å². The zero-order valence-corrected chi connectivity index (χ0v) is 20.9. The molecule has 11 heteroatoms. The largest absolute Gasteiger partial charge is 0.496 e. The summed E-state index contributed by atoms with van der Waals surface area (Å²) in [5, 5.41) is 23.7. The van der Waals surface area contributed by atoms with Crippen molar-refractivity contribution in [1.82, 2.24) is 0 Å². The van der Waals surface area contributed by atoms with Crippen LogP contribution in [-0.2, 0) is 0 Å². The van der Waals surface area contributed by atoms with Gasteiger partial charge in [-0.05, 0) is 55.8 Å². The van der Waals surface area contributed by atoms with E-state index >= 15 is 0 Å². The number of methoxy groups -OCH3 is 2. The molecule has 0 amide bonds. The highest BCUT2D eigenvalue weighted by atomic mass is 32.2. The van der Waals surface area contributed by atoms with E-state index < -0.39 is 10.2 Å². The third kappa shape index (κ3) is 5.47. The maximum Gasteiger partial charge on any atom is 0.269 e. The molecule has 36 heavy (non-hydrogen) atoms. The van der Waals surface area contributed by atoms with Gasteiger partial charge in [0.2, 0.25) is 5.12 Å². The van der Waals surface area contributed by atoms with Gasteiger partial charge >= 0.3 is 0 Å². The molecule has 10 nitrogen and oxygen atoms in total. The number of fused-ring (bicyclic) bond motifs is 1. The molecule has 0 aliphatic heterocycles. The third-order valence-corrected chi connectivity index (χ3v) is 6.68. The van der Waals surface area contributed by atoms with Crippen molar-refractivity contribution in [2.24, 2.45) is 5.18 Å². The third-order valence-electron chi connectivity index (χ3n) is 5.50. The summed E-state index contributed by atoms with van der Waals surface area (Å²) in [6.07, 6.45) is 2.42. The van der Waals surface area contributed by atoms with Gasteiger partial charge in [0.1, 0.15) is 17.2 Å². The van der Waals surface area contributed by atoms with Gasteiger partial charge in [0.15, 0.2) is 0 Å². The lowest BCUT2D eigenvalue weighted by Crippen LogP contribution is -2.05. The number of nitro benzene ring substituents is 1. The summed E-state index contributed by atoms with van der Waals surface area (Å²) < 4.78 is 11.3. The Labute approximate surface area is 211 Å². The standard InChI is InChI=1S/C25H25N3O7S/c1-14(2)5-12-21(36-25(29)15-6-8-16(9-7-15)28(32)33)17-13-20(34-3)22-18(26-30)10-11-19(27-31)23(22)24(17)35-4/h5-11,13,21,26,30H,12H2,1-4H3. The van der Waals surface area contributed by atoms with Gasteiger partial charge in [-0.1, -0.05) is 23.4 Å². The molecular formula is C25H25N3O7S. The zero-order chi connectivity index (χ0) is 26.4. The van der Waals surface area contributed by atoms with Crippen LogP contribution in [0, 0.1) is 15.0 Å². The molecule has 0 fully saturated rings. The van der Waals surface area contributed by atoms with Crippen LogP contribution < -0.4 is 15.0 Å². The Morgan fingerprint density at radius 2 is 1.86 bits per heavy atom. The lowest BCUT2D eigenvalue weighted by molar-refractivity contribution is -0.384. The first-order valence-electron chi connectivity index (χ1n) is 10.8. The number of nitrogens with zero attached hydrogens (tertiary/aromatic N) is 2. The molecule has 0 saturated carbocycles. The van der Waals surface area contributed by atoms with Crippen molar-refractivity contribution in [3.8, 4) is 11.5 Å². The minimum atomic E-state index is -0.528. The van der Waals surface area contributed by atoms with E-state index in [1.54, 1.807) is 6.07 Å². The minimum absolute atomic E-state index is 0.0775. The Bertz CT molecular complexity index is 1340. The maximum absolute atomic E-state index is 13.2. The lowest BCUT2D eigenvalue weighted by atomic mass is 9.97. The first kappa shape index (κ1) is 26.6. The van der Waals surface area contributed by atoms with Crippen LogP contribution in [0.1, 0.15) is 41.4 Å². The van der Waals surface area contributed by atoms with E-state index in [2.05, 4.69) is 10.7 Å². The molecule has 188 valence electrons. The number of carbonyl (C=O) groups is 1. The number of nitro groups is 1. The Morgan fingerprint density at radius 1 is 1.17 bits per heavy atom. The van der Waals surface area contributed by atoms with Crippen LogP contribution in [0.15, 0.2) is 59.3 Å². The van der Waals surface area contributed by atoms with Crippen LogP contribution in [0.5, 0.6) is 11.5 Å². The van der Waals surface area contributed by atoms with Crippen LogP contribution in [0.2, 0.25) is 0 Å². The summed E-state index contributed by atoms with van der Waals surface area (Å²) in [7, 11) is 2.90. The fourth-order valence-corrected chi connectivity index (χ4v) is 4.81. The Kier molecular flexibility index (Phi) is 8.62. The predicted octanol–water partition coefficient (Wildman–Crippen LogP) is 6.94. The van der Waals surface area contributed by atoms with Crippen LogP contribution in [0.25, 0.3) is 10.8 Å². The number of carbonyl (C=O) groups excluding carboxylic acids is 1. The molecule has 0 aliphatic carbocycles. The highest BCUT2D eigenvalue weighted by Crippen LogP contribution is 2.50. The normalized spacial score (nSPS) is 11.5. The van der Waals surface area contributed by atoms with Gasteiger partial charge in [0, 0.05) is 28.5 Å². The molecule has 3 aromatic carbocycles. The van der Waals surface area contributed by atoms with E-state index in [9.17, 15) is 25.0 Å². The second-order valence-electron chi connectivity index (χ2n) is 8.00. The van der Waals surface area contributed by atoms with Crippen LogP contribution >= 0.6 is 11.8 Å². The molecule has 0 spiro atoms. The molecule has 1 unspecified atom stereocenters. The number of nitrogens with one attached hydrogen (secondary N) is 1. The Morgan fingerprint density at radius 3 is 2.39 bits per heavy atom. The van der Waals surface area contributed by atoms with Crippen molar-refractivity contribution in [2.75, 3.05) is 19.7 Å². The summed E-state index contributed by atoms with van der Waals surface area (Å²) in [4.78, 5) is 35.3. The van der Waals surface area contributed by atoms with Crippen LogP contribution in [0.3, 0.4) is 0 Å². The number of ether oxygens (including phenoxy) is 2. The zero-order valence-electron chi connectivity index (χ0n) is 20.1. The van der Waals surface area contributed by atoms with Crippen molar-refractivity contribution in [2.45, 2.75) is 25.5 Å². The number of hydrogen-bond acceptors (Lipinski definition) is 10. The highest BCUT2D eigenvalue weighted by Gasteiger charge is 2.27. The Balaban J connectivity index is 2.20. The average molecular weight is 512 g/mol. The summed E-state index contributed by atoms with van der Waals surface area (Å²) >= 11 is 1.03. The number of nitroso groups, excluding NO2 is 1. The molecule has 0 radical (unpaired) electrons. The second kappa shape index (κ2) is 11.6. The average Bonchev–Trinajstić information content (AvgIpc) is 2.89. The van der Waals surface area contributed by atoms with Gasteiger partial charge in [-0.25, -0.2) is 0 Å². The minimum Gasteiger partial charge on any atom is -0.496 e. The van der Waals surface area contributed by atoms with Gasteiger partial charge in [0.25, 0.3) is 5.69 Å². The number of rotatable bonds is 10. The second-order valence-corrected chi connectivity index (χ2v) is 9.18. The smallest absolute Gasteiger partial charge is 0.269 e.